The van der Waals surface area contributed by atoms with Crippen molar-refractivity contribution < 1.29 is 5.11 Å². The van der Waals surface area contributed by atoms with Crippen molar-refractivity contribution in [1.82, 2.24) is 15.0 Å². The second-order valence-electron chi connectivity index (χ2n) is 4.76. The number of fused-ring (bicyclic) bond motifs is 1. The van der Waals surface area contributed by atoms with E-state index in [-0.39, 0.29) is 17.5 Å². The fourth-order valence-corrected chi connectivity index (χ4v) is 2.85. The number of aromatic amines is 2. The molecule has 0 aliphatic carbocycles. The van der Waals surface area contributed by atoms with Crippen molar-refractivity contribution in [2.75, 3.05) is 11.9 Å². The van der Waals surface area contributed by atoms with Crippen molar-refractivity contribution in [3.8, 4) is 0 Å². The third-order valence-corrected chi connectivity index (χ3v) is 3.71. The molecule has 6 nitrogen and oxygen atoms in total. The lowest BCUT2D eigenvalue weighted by atomic mass is 10.0. The van der Waals surface area contributed by atoms with Crippen molar-refractivity contribution in [2.24, 2.45) is 5.92 Å². The third kappa shape index (κ3) is 3.40. The highest BCUT2D eigenvalue weighted by Crippen LogP contribution is 2.22. The lowest BCUT2D eigenvalue weighted by molar-refractivity contribution is 0.259. The minimum absolute atomic E-state index is 0.00600. The minimum atomic E-state index is -0.166. The summed E-state index contributed by atoms with van der Waals surface area (Å²) in [4.78, 5) is 20.9. The summed E-state index contributed by atoms with van der Waals surface area (Å²) in [6.07, 6.45) is 0.810. The molecule has 0 amide bonds. The fourth-order valence-electron chi connectivity index (χ4n) is 1.91. The van der Waals surface area contributed by atoms with Crippen LogP contribution in [0, 0.1) is 10.7 Å². The Bertz CT molecular complexity index is 673. The number of nitrogens with one attached hydrogen (secondary N) is 3. The predicted molar refractivity (Wildman–Crippen MR) is 79.4 cm³/mol. The second kappa shape index (κ2) is 5.81. The summed E-state index contributed by atoms with van der Waals surface area (Å²) in [5, 5.41) is 12.6. The monoisotopic (exact) mass is 300 g/mol. The van der Waals surface area contributed by atoms with Crippen LogP contribution >= 0.6 is 23.6 Å². The molecule has 4 N–H and O–H groups in total. The average molecular weight is 300 g/mol. The Kier molecular flexibility index (Phi) is 4.33. The topological polar surface area (TPSA) is 93.8 Å². The summed E-state index contributed by atoms with van der Waals surface area (Å²) in [6, 6.07) is -0.107. The average Bonchev–Trinajstić information content (AvgIpc) is 2.67. The maximum atomic E-state index is 11.4. The van der Waals surface area contributed by atoms with E-state index in [0.29, 0.717) is 26.9 Å². The Morgan fingerprint density at radius 2 is 2.21 bits per heavy atom. The van der Waals surface area contributed by atoms with Crippen LogP contribution in [0.15, 0.2) is 4.79 Å². The molecule has 2 aromatic heterocycles. The molecule has 1 unspecified atom stereocenters. The molecule has 0 aliphatic rings. The van der Waals surface area contributed by atoms with Gasteiger partial charge in [0.25, 0.3) is 0 Å². The van der Waals surface area contributed by atoms with Crippen molar-refractivity contribution in [3.63, 3.8) is 0 Å². The molecular formula is C11H16N4O2S2. The van der Waals surface area contributed by atoms with E-state index in [1.165, 1.54) is 0 Å². The zero-order chi connectivity index (χ0) is 14.0. The molecule has 104 valence electrons. The molecule has 0 fully saturated rings. The number of H-pyrrole nitrogens is 2. The number of hydrogen-bond acceptors (Lipinski definition) is 6. The van der Waals surface area contributed by atoms with E-state index in [1.807, 2.05) is 0 Å². The summed E-state index contributed by atoms with van der Waals surface area (Å²) in [7, 11) is 0. The predicted octanol–water partition coefficient (Wildman–Crippen LogP) is 1.86. The molecule has 0 aromatic carbocycles. The molecule has 0 bridgehead atoms. The number of rotatable bonds is 5. The van der Waals surface area contributed by atoms with Gasteiger partial charge in [0.1, 0.15) is 10.3 Å². The zero-order valence-electron chi connectivity index (χ0n) is 10.7. The lowest BCUT2D eigenvalue weighted by Crippen LogP contribution is -2.26. The van der Waals surface area contributed by atoms with Crippen LogP contribution in [0.1, 0.15) is 20.3 Å². The van der Waals surface area contributed by atoms with Gasteiger partial charge in [-0.15, -0.1) is 0 Å². The Morgan fingerprint density at radius 3 is 2.84 bits per heavy atom. The smallest absolute Gasteiger partial charge is 0.306 e. The van der Waals surface area contributed by atoms with Gasteiger partial charge in [-0.2, -0.15) is 0 Å². The standard InChI is InChI=1S/C11H16N4O2S2/c1-5(2)3-6(4-16)12-8-7-9(14-10(18)13-8)15-11(17)19-7/h5-6,16H,3-4H2,1-2H3,(H3,12,13,14,15,17,18). The van der Waals surface area contributed by atoms with Crippen molar-refractivity contribution in [2.45, 2.75) is 26.3 Å². The SMILES string of the molecule is CC(C)CC(CO)Nc1nc(=S)[nH]c2[nH]c(=O)sc12. The van der Waals surface area contributed by atoms with E-state index in [1.54, 1.807) is 0 Å². The highest BCUT2D eigenvalue weighted by molar-refractivity contribution is 7.71. The molecule has 0 aliphatic heterocycles. The van der Waals surface area contributed by atoms with Gasteiger partial charge in [0.05, 0.1) is 12.6 Å². The largest absolute Gasteiger partial charge is 0.394 e. The van der Waals surface area contributed by atoms with Crippen molar-refractivity contribution in [1.29, 1.82) is 0 Å². The highest BCUT2D eigenvalue weighted by Gasteiger charge is 2.14. The molecule has 0 spiro atoms. The molecule has 2 aromatic rings. The van der Waals surface area contributed by atoms with Crippen LogP contribution < -0.4 is 10.2 Å². The van der Waals surface area contributed by atoms with Gasteiger partial charge in [0, 0.05) is 0 Å². The second-order valence-corrected chi connectivity index (χ2v) is 6.13. The molecule has 0 saturated carbocycles. The van der Waals surface area contributed by atoms with Gasteiger partial charge in [-0.3, -0.25) is 9.78 Å². The van der Waals surface area contributed by atoms with E-state index < -0.39 is 0 Å². The van der Waals surface area contributed by atoms with Gasteiger partial charge in [-0.1, -0.05) is 25.2 Å². The van der Waals surface area contributed by atoms with E-state index >= 15 is 0 Å². The van der Waals surface area contributed by atoms with Crippen molar-refractivity contribution in [3.05, 3.63) is 14.4 Å². The highest BCUT2D eigenvalue weighted by atomic mass is 32.1. The fraction of sp³-hybridized carbons (Fsp3) is 0.545. The van der Waals surface area contributed by atoms with Gasteiger partial charge in [0.15, 0.2) is 10.6 Å². The first-order valence-corrected chi connectivity index (χ1v) is 7.22. The minimum Gasteiger partial charge on any atom is -0.394 e. The van der Waals surface area contributed by atoms with E-state index in [9.17, 15) is 9.90 Å². The first-order valence-electron chi connectivity index (χ1n) is 6.00. The van der Waals surface area contributed by atoms with Crippen LogP contribution in [0.4, 0.5) is 5.82 Å². The molecule has 1 atom stereocenters. The molecule has 8 heteroatoms. The van der Waals surface area contributed by atoms with Crippen molar-refractivity contribution >= 4 is 39.7 Å². The summed E-state index contributed by atoms with van der Waals surface area (Å²) < 4.78 is 0.992. The quantitative estimate of drug-likeness (QED) is 0.632. The number of aromatic nitrogens is 3. The molecule has 2 heterocycles. The normalized spacial score (nSPS) is 13.1. The number of nitrogens with zero attached hydrogens (tertiary/aromatic N) is 1. The summed E-state index contributed by atoms with van der Waals surface area (Å²) in [6.45, 7) is 4.17. The van der Waals surface area contributed by atoms with Gasteiger partial charge in [-0.25, -0.2) is 4.98 Å². The number of aliphatic hydroxyl groups excluding tert-OH is 1. The van der Waals surface area contributed by atoms with Crippen LogP contribution in [0.25, 0.3) is 10.3 Å². The van der Waals surface area contributed by atoms with E-state index in [2.05, 4.69) is 34.1 Å². The van der Waals surface area contributed by atoms with Crippen LogP contribution in [-0.4, -0.2) is 32.7 Å². The van der Waals surface area contributed by atoms with Gasteiger partial charge in [0.2, 0.25) is 0 Å². The summed E-state index contributed by atoms with van der Waals surface area (Å²) in [5.74, 6) is 0.991. The molecule has 0 saturated heterocycles. The van der Waals surface area contributed by atoms with Crippen LogP contribution in [0.3, 0.4) is 0 Å². The van der Waals surface area contributed by atoms with E-state index in [4.69, 9.17) is 12.2 Å². The molecule has 0 radical (unpaired) electrons. The Labute approximate surface area is 118 Å². The number of aliphatic hydroxyl groups is 1. The van der Waals surface area contributed by atoms with Crippen LogP contribution in [-0.2, 0) is 0 Å². The molecular weight excluding hydrogens is 284 g/mol. The maximum Gasteiger partial charge on any atom is 0.306 e. The number of anilines is 1. The molecule has 19 heavy (non-hydrogen) atoms. The number of hydrogen-bond donors (Lipinski definition) is 4. The maximum absolute atomic E-state index is 11.4. The van der Waals surface area contributed by atoms with Crippen LogP contribution in [0.5, 0.6) is 0 Å². The van der Waals surface area contributed by atoms with E-state index in [0.717, 1.165) is 17.8 Å². The summed E-state index contributed by atoms with van der Waals surface area (Å²) >= 11 is 6.09. The van der Waals surface area contributed by atoms with Gasteiger partial charge < -0.3 is 15.4 Å². The Balaban J connectivity index is 2.38. The third-order valence-electron chi connectivity index (χ3n) is 2.63. The Hall–Kier alpha value is -1.25. The van der Waals surface area contributed by atoms with Gasteiger partial charge in [-0.05, 0) is 24.6 Å². The lowest BCUT2D eigenvalue weighted by Gasteiger charge is -2.18. The first-order chi connectivity index (χ1) is 8.99. The van der Waals surface area contributed by atoms with Crippen LogP contribution in [0.2, 0.25) is 0 Å². The number of thiazole rings is 1. The Morgan fingerprint density at radius 1 is 1.47 bits per heavy atom. The first kappa shape index (κ1) is 14.2. The zero-order valence-corrected chi connectivity index (χ0v) is 12.3. The van der Waals surface area contributed by atoms with Gasteiger partial charge >= 0.3 is 4.87 Å². The summed E-state index contributed by atoms with van der Waals surface area (Å²) in [5.41, 5.74) is 0.568. The molecule has 2 rings (SSSR count).